The first-order chi connectivity index (χ1) is 12.5. The molecule has 0 fully saturated rings. The van der Waals surface area contributed by atoms with Crippen LogP contribution >= 0.6 is 23.1 Å². The van der Waals surface area contributed by atoms with Crippen LogP contribution in [0.3, 0.4) is 0 Å². The number of aryl methyl sites for hydroxylation is 1. The van der Waals surface area contributed by atoms with Gasteiger partial charge in [-0.25, -0.2) is 9.59 Å². The highest BCUT2D eigenvalue weighted by molar-refractivity contribution is 7.99. The summed E-state index contributed by atoms with van der Waals surface area (Å²) in [4.78, 5) is 35.7. The zero-order valence-electron chi connectivity index (χ0n) is 13.3. The maximum absolute atomic E-state index is 12.3. The Morgan fingerprint density at radius 1 is 1.27 bits per heavy atom. The molecule has 0 aliphatic heterocycles. The average molecular weight is 389 g/mol. The number of thiophene rings is 1. The third-order valence-corrected chi connectivity index (χ3v) is 5.18. The van der Waals surface area contributed by atoms with Crippen molar-refractivity contribution in [1.29, 1.82) is 0 Å². The fourth-order valence-electron chi connectivity index (χ4n) is 2.09. The monoisotopic (exact) mass is 389 g/mol. The molecule has 0 amide bonds. The molecule has 3 rings (SSSR count). The molecule has 1 aromatic carbocycles. The summed E-state index contributed by atoms with van der Waals surface area (Å²) in [5.74, 6) is -0.356. The van der Waals surface area contributed by atoms with Crippen molar-refractivity contribution in [1.82, 2.24) is 0 Å². The number of carbonyl (C=O) groups is 1. The number of hydrogen-bond donors (Lipinski definition) is 0. The molecule has 3 aromatic rings. The van der Waals surface area contributed by atoms with Crippen molar-refractivity contribution < 1.29 is 18.9 Å². The topological polar surface area (TPSA) is 99.6 Å². The van der Waals surface area contributed by atoms with Crippen LogP contribution in [-0.2, 0) is 0 Å². The highest BCUT2D eigenvalue weighted by Gasteiger charge is 2.22. The SMILES string of the molecule is Cc1cc(OC(=O)c2cccs2)c(Sc2ccccc2[N+](=O)[O-])c(=O)o1. The van der Waals surface area contributed by atoms with Gasteiger partial charge >= 0.3 is 11.6 Å². The van der Waals surface area contributed by atoms with Crippen LogP contribution in [0.5, 0.6) is 5.75 Å². The zero-order chi connectivity index (χ0) is 18.7. The van der Waals surface area contributed by atoms with Crippen molar-refractivity contribution in [3.8, 4) is 5.75 Å². The van der Waals surface area contributed by atoms with E-state index in [2.05, 4.69) is 0 Å². The maximum atomic E-state index is 12.3. The third-order valence-electron chi connectivity index (χ3n) is 3.20. The maximum Gasteiger partial charge on any atom is 0.353 e. The second-order valence-corrected chi connectivity index (χ2v) is 7.03. The van der Waals surface area contributed by atoms with E-state index in [1.165, 1.54) is 35.6 Å². The molecule has 0 saturated carbocycles. The second-order valence-electron chi connectivity index (χ2n) is 5.03. The van der Waals surface area contributed by atoms with Crippen LogP contribution in [-0.4, -0.2) is 10.9 Å². The van der Waals surface area contributed by atoms with E-state index in [0.717, 1.165) is 11.8 Å². The third kappa shape index (κ3) is 3.84. The molecule has 0 saturated heterocycles. The summed E-state index contributed by atoms with van der Waals surface area (Å²) in [7, 11) is 0. The van der Waals surface area contributed by atoms with Crippen LogP contribution in [0.2, 0.25) is 0 Å². The minimum absolute atomic E-state index is 0.000279. The number of rotatable bonds is 5. The van der Waals surface area contributed by atoms with Gasteiger partial charge in [-0.1, -0.05) is 30.0 Å². The molecule has 2 heterocycles. The minimum atomic E-state index is -0.734. The van der Waals surface area contributed by atoms with Gasteiger partial charge < -0.3 is 9.15 Å². The normalized spacial score (nSPS) is 10.5. The van der Waals surface area contributed by atoms with Crippen LogP contribution in [0.15, 0.2) is 66.8 Å². The zero-order valence-corrected chi connectivity index (χ0v) is 15.0. The molecule has 0 atom stereocenters. The number of ether oxygens (including phenoxy) is 1. The molecule has 0 aliphatic carbocycles. The van der Waals surface area contributed by atoms with E-state index in [0.29, 0.717) is 4.88 Å². The van der Waals surface area contributed by atoms with Gasteiger partial charge in [-0.15, -0.1) is 11.3 Å². The van der Waals surface area contributed by atoms with E-state index in [9.17, 15) is 19.7 Å². The quantitative estimate of drug-likeness (QED) is 0.364. The molecule has 0 N–H and O–H groups in total. The number of benzene rings is 1. The lowest BCUT2D eigenvalue weighted by Gasteiger charge is -2.09. The first-order valence-electron chi connectivity index (χ1n) is 7.27. The van der Waals surface area contributed by atoms with E-state index in [1.807, 2.05) is 0 Å². The molecule has 132 valence electrons. The predicted octanol–water partition coefficient (Wildman–Crippen LogP) is 4.29. The number of nitro groups is 1. The Hall–Kier alpha value is -2.91. The van der Waals surface area contributed by atoms with Gasteiger partial charge in [0.1, 0.15) is 15.5 Å². The van der Waals surface area contributed by atoms with Gasteiger partial charge in [0.05, 0.1) is 9.82 Å². The molecule has 0 spiro atoms. The lowest BCUT2D eigenvalue weighted by atomic mass is 10.3. The number of carbonyl (C=O) groups excluding carboxylic acids is 1. The Morgan fingerprint density at radius 3 is 2.73 bits per heavy atom. The number of para-hydroxylation sites is 1. The molecule has 26 heavy (non-hydrogen) atoms. The van der Waals surface area contributed by atoms with E-state index < -0.39 is 16.5 Å². The molecule has 2 aromatic heterocycles. The van der Waals surface area contributed by atoms with Crippen molar-refractivity contribution in [3.63, 3.8) is 0 Å². The summed E-state index contributed by atoms with van der Waals surface area (Å²) in [6.45, 7) is 1.54. The Labute approximate surface area is 155 Å². The van der Waals surface area contributed by atoms with Crippen molar-refractivity contribution in [3.05, 3.63) is 79.0 Å². The fourth-order valence-corrected chi connectivity index (χ4v) is 3.63. The standard InChI is InChI=1S/C17H11NO6S2/c1-10-9-12(24-16(19)14-7-4-8-25-14)15(17(20)23-10)26-13-6-3-2-5-11(13)18(21)22/h2-9H,1H3. The molecule has 0 radical (unpaired) electrons. The largest absolute Gasteiger partial charge is 0.427 e. The summed E-state index contributed by atoms with van der Waals surface area (Å²) < 4.78 is 10.4. The Kier molecular flexibility index (Phi) is 5.19. The summed E-state index contributed by atoms with van der Waals surface area (Å²) in [6.07, 6.45) is 0. The van der Waals surface area contributed by atoms with Gasteiger partial charge in [0.25, 0.3) is 5.69 Å². The molecular formula is C17H11NO6S2. The number of nitro benzene ring substituents is 1. The van der Waals surface area contributed by atoms with Crippen LogP contribution in [0.25, 0.3) is 0 Å². The predicted molar refractivity (Wildman–Crippen MR) is 96.2 cm³/mol. The van der Waals surface area contributed by atoms with Crippen LogP contribution < -0.4 is 10.4 Å². The summed E-state index contributed by atoms with van der Waals surface area (Å²) in [5.41, 5.74) is -0.893. The van der Waals surface area contributed by atoms with E-state index in [4.69, 9.17) is 9.15 Å². The number of hydrogen-bond acceptors (Lipinski definition) is 8. The lowest BCUT2D eigenvalue weighted by Crippen LogP contribution is -2.12. The van der Waals surface area contributed by atoms with E-state index in [1.54, 1.807) is 30.5 Å². The highest BCUT2D eigenvalue weighted by Crippen LogP contribution is 2.38. The average Bonchev–Trinajstić information content (AvgIpc) is 3.13. The smallest absolute Gasteiger partial charge is 0.353 e. The van der Waals surface area contributed by atoms with Crippen molar-refractivity contribution >= 4 is 34.8 Å². The Bertz CT molecular complexity index is 1030. The Balaban J connectivity index is 2.01. The highest BCUT2D eigenvalue weighted by atomic mass is 32.2. The van der Waals surface area contributed by atoms with Gasteiger partial charge in [-0.3, -0.25) is 10.1 Å². The van der Waals surface area contributed by atoms with E-state index in [-0.39, 0.29) is 27.0 Å². The van der Waals surface area contributed by atoms with Crippen molar-refractivity contribution in [2.45, 2.75) is 16.7 Å². The molecule has 9 heteroatoms. The molecule has 7 nitrogen and oxygen atoms in total. The van der Waals surface area contributed by atoms with Crippen molar-refractivity contribution in [2.24, 2.45) is 0 Å². The molecule has 0 bridgehead atoms. The van der Waals surface area contributed by atoms with Gasteiger partial charge in [0.2, 0.25) is 0 Å². The summed E-state index contributed by atoms with van der Waals surface area (Å²) in [6, 6.07) is 10.7. The summed E-state index contributed by atoms with van der Waals surface area (Å²) in [5, 5.41) is 12.9. The van der Waals surface area contributed by atoms with Gasteiger partial charge in [-0.2, -0.15) is 0 Å². The van der Waals surface area contributed by atoms with E-state index >= 15 is 0 Å². The number of nitrogens with zero attached hydrogens (tertiary/aromatic N) is 1. The first-order valence-corrected chi connectivity index (χ1v) is 8.97. The van der Waals surface area contributed by atoms with Crippen molar-refractivity contribution in [2.75, 3.05) is 0 Å². The second kappa shape index (κ2) is 7.54. The van der Waals surface area contributed by atoms with Crippen LogP contribution in [0.1, 0.15) is 15.4 Å². The molecule has 0 unspecified atom stereocenters. The molecular weight excluding hydrogens is 378 g/mol. The first kappa shape index (κ1) is 17.9. The lowest BCUT2D eigenvalue weighted by molar-refractivity contribution is -0.387. The van der Waals surface area contributed by atoms with Gasteiger partial charge in [0, 0.05) is 12.1 Å². The van der Waals surface area contributed by atoms with Crippen LogP contribution in [0, 0.1) is 17.0 Å². The minimum Gasteiger partial charge on any atom is -0.427 e. The van der Waals surface area contributed by atoms with Gasteiger partial charge in [0.15, 0.2) is 5.75 Å². The fraction of sp³-hybridized carbons (Fsp3) is 0.0588. The van der Waals surface area contributed by atoms with Crippen LogP contribution in [0.4, 0.5) is 5.69 Å². The Morgan fingerprint density at radius 2 is 2.04 bits per heavy atom. The van der Waals surface area contributed by atoms with Gasteiger partial charge in [-0.05, 0) is 24.4 Å². The summed E-state index contributed by atoms with van der Waals surface area (Å²) >= 11 is 2.02. The molecule has 0 aliphatic rings. The number of esters is 1.